The molecule has 0 fully saturated rings. The molecule has 0 saturated carbocycles. The lowest BCUT2D eigenvalue weighted by Crippen LogP contribution is -2.00. The van der Waals surface area contributed by atoms with Gasteiger partial charge in [0.15, 0.2) is 0 Å². The van der Waals surface area contributed by atoms with Crippen LogP contribution in [-0.2, 0) is 6.61 Å². The Morgan fingerprint density at radius 1 is 1.25 bits per heavy atom. The summed E-state index contributed by atoms with van der Waals surface area (Å²) in [5.74, 6) is 0.675. The Morgan fingerprint density at radius 2 is 2.12 bits per heavy atom. The molecule has 1 unspecified atom stereocenters. The van der Waals surface area contributed by atoms with E-state index >= 15 is 0 Å². The molecule has 0 aliphatic rings. The van der Waals surface area contributed by atoms with Crippen LogP contribution in [0.2, 0.25) is 0 Å². The first-order valence-electron chi connectivity index (χ1n) is 5.14. The zero-order valence-electron chi connectivity index (χ0n) is 9.18. The Morgan fingerprint density at radius 3 is 2.88 bits per heavy atom. The minimum atomic E-state index is 0.554. The molecular weight excluding hydrogens is 217 g/mol. The van der Waals surface area contributed by atoms with Gasteiger partial charge in [-0.15, -0.1) is 9.24 Å². The van der Waals surface area contributed by atoms with Gasteiger partial charge in [0.2, 0.25) is 5.88 Å². The van der Waals surface area contributed by atoms with E-state index in [1.54, 1.807) is 6.20 Å². The maximum Gasteiger partial charge on any atom is 0.213 e. The second-order valence-corrected chi connectivity index (χ2v) is 4.37. The molecule has 0 N–H and O–H groups in total. The van der Waals surface area contributed by atoms with Gasteiger partial charge >= 0.3 is 0 Å². The van der Waals surface area contributed by atoms with Gasteiger partial charge in [-0.05, 0) is 35.5 Å². The van der Waals surface area contributed by atoms with Crippen LogP contribution in [0.1, 0.15) is 11.1 Å². The SMILES string of the molecule is Cc1ccnc(OCc2cccc(P)c2)c1. The van der Waals surface area contributed by atoms with Gasteiger partial charge in [0.25, 0.3) is 0 Å². The molecule has 1 heterocycles. The van der Waals surface area contributed by atoms with Gasteiger partial charge in [-0.3, -0.25) is 0 Å². The lowest BCUT2D eigenvalue weighted by atomic mass is 10.2. The lowest BCUT2D eigenvalue weighted by Gasteiger charge is -2.06. The largest absolute Gasteiger partial charge is 0.473 e. The number of hydrogen-bond donors (Lipinski definition) is 0. The summed E-state index contributed by atoms with van der Waals surface area (Å²) in [5, 5.41) is 1.17. The summed E-state index contributed by atoms with van der Waals surface area (Å²) in [5.41, 5.74) is 2.31. The van der Waals surface area contributed by atoms with E-state index in [4.69, 9.17) is 4.74 Å². The van der Waals surface area contributed by atoms with Crippen LogP contribution in [0.4, 0.5) is 0 Å². The van der Waals surface area contributed by atoms with Crippen molar-refractivity contribution in [3.63, 3.8) is 0 Å². The molecule has 1 atom stereocenters. The van der Waals surface area contributed by atoms with Crippen LogP contribution >= 0.6 is 9.24 Å². The second kappa shape index (κ2) is 5.09. The van der Waals surface area contributed by atoms with E-state index in [9.17, 15) is 0 Å². The molecule has 0 radical (unpaired) electrons. The summed E-state index contributed by atoms with van der Waals surface area (Å²) in [4.78, 5) is 4.15. The second-order valence-electron chi connectivity index (χ2n) is 3.71. The van der Waals surface area contributed by atoms with Gasteiger partial charge < -0.3 is 4.74 Å². The minimum Gasteiger partial charge on any atom is -0.473 e. The van der Waals surface area contributed by atoms with Crippen LogP contribution in [-0.4, -0.2) is 4.98 Å². The van der Waals surface area contributed by atoms with Crippen molar-refractivity contribution in [2.45, 2.75) is 13.5 Å². The summed E-state index contributed by atoms with van der Waals surface area (Å²) in [6.07, 6.45) is 1.76. The van der Waals surface area contributed by atoms with Crippen molar-refractivity contribution in [3.8, 4) is 5.88 Å². The molecule has 1 aromatic carbocycles. The normalized spacial score (nSPS) is 10.1. The van der Waals surface area contributed by atoms with E-state index in [0.717, 1.165) is 11.1 Å². The fourth-order valence-electron chi connectivity index (χ4n) is 1.43. The smallest absolute Gasteiger partial charge is 0.213 e. The maximum absolute atomic E-state index is 5.61. The topological polar surface area (TPSA) is 22.1 Å². The summed E-state index contributed by atoms with van der Waals surface area (Å²) >= 11 is 0. The summed E-state index contributed by atoms with van der Waals surface area (Å²) in [6.45, 7) is 2.58. The third kappa shape index (κ3) is 3.04. The Balaban J connectivity index is 2.02. The standard InChI is InChI=1S/C13H14NOP/c1-10-5-6-14-13(7-10)15-9-11-3-2-4-12(16)8-11/h2-8H,9,16H2,1H3. The van der Waals surface area contributed by atoms with Gasteiger partial charge in [0, 0.05) is 12.3 Å². The molecule has 16 heavy (non-hydrogen) atoms. The third-order valence-electron chi connectivity index (χ3n) is 2.23. The van der Waals surface area contributed by atoms with E-state index in [2.05, 4.69) is 20.3 Å². The molecule has 1 aromatic heterocycles. The number of pyridine rings is 1. The van der Waals surface area contributed by atoms with Crippen molar-refractivity contribution in [1.29, 1.82) is 0 Å². The zero-order chi connectivity index (χ0) is 11.4. The van der Waals surface area contributed by atoms with Gasteiger partial charge in [0.05, 0.1) is 0 Å². The van der Waals surface area contributed by atoms with Crippen molar-refractivity contribution in [2.24, 2.45) is 0 Å². The average Bonchev–Trinajstić information content (AvgIpc) is 2.27. The summed E-state index contributed by atoms with van der Waals surface area (Å²) < 4.78 is 5.61. The molecule has 2 aromatic rings. The predicted octanol–water partition coefficient (Wildman–Crippen LogP) is 2.47. The molecule has 0 amide bonds. The molecule has 3 heteroatoms. The summed E-state index contributed by atoms with van der Waals surface area (Å²) in [7, 11) is 2.68. The fourth-order valence-corrected chi connectivity index (χ4v) is 1.75. The molecular formula is C13H14NOP. The monoisotopic (exact) mass is 231 g/mol. The van der Waals surface area contributed by atoms with Crippen molar-refractivity contribution in [1.82, 2.24) is 4.98 Å². The fraction of sp³-hybridized carbons (Fsp3) is 0.154. The van der Waals surface area contributed by atoms with Crippen LogP contribution in [0, 0.1) is 6.92 Å². The van der Waals surface area contributed by atoms with Crippen LogP contribution in [0.25, 0.3) is 0 Å². The number of hydrogen-bond acceptors (Lipinski definition) is 2. The molecule has 0 aliphatic heterocycles. The predicted molar refractivity (Wildman–Crippen MR) is 69.1 cm³/mol. The van der Waals surface area contributed by atoms with Crippen molar-refractivity contribution in [2.75, 3.05) is 0 Å². The molecule has 2 rings (SSSR count). The number of benzene rings is 1. The Kier molecular flexibility index (Phi) is 3.53. The van der Waals surface area contributed by atoms with Gasteiger partial charge in [-0.25, -0.2) is 4.98 Å². The van der Waals surface area contributed by atoms with Gasteiger partial charge in [-0.1, -0.05) is 18.2 Å². The first-order chi connectivity index (χ1) is 7.74. The van der Waals surface area contributed by atoms with E-state index in [-0.39, 0.29) is 0 Å². The quantitative estimate of drug-likeness (QED) is 0.757. The number of rotatable bonds is 3. The average molecular weight is 231 g/mol. The van der Waals surface area contributed by atoms with Crippen molar-refractivity contribution in [3.05, 3.63) is 53.7 Å². The van der Waals surface area contributed by atoms with Gasteiger partial charge in [-0.2, -0.15) is 0 Å². The molecule has 0 spiro atoms. The molecule has 0 saturated heterocycles. The first kappa shape index (κ1) is 11.1. The van der Waals surface area contributed by atoms with E-state index in [1.807, 2.05) is 37.3 Å². The van der Waals surface area contributed by atoms with Gasteiger partial charge in [0.1, 0.15) is 6.61 Å². The highest BCUT2D eigenvalue weighted by molar-refractivity contribution is 7.27. The Hall–Kier alpha value is -1.40. The van der Waals surface area contributed by atoms with Crippen LogP contribution in [0.5, 0.6) is 5.88 Å². The van der Waals surface area contributed by atoms with Crippen LogP contribution in [0.3, 0.4) is 0 Å². The van der Waals surface area contributed by atoms with Crippen LogP contribution < -0.4 is 10.0 Å². The number of aromatic nitrogens is 1. The number of nitrogens with zero attached hydrogens (tertiary/aromatic N) is 1. The molecule has 2 nitrogen and oxygen atoms in total. The first-order valence-corrected chi connectivity index (χ1v) is 5.71. The molecule has 0 aliphatic carbocycles. The van der Waals surface area contributed by atoms with Crippen molar-refractivity contribution < 1.29 is 4.74 Å². The minimum absolute atomic E-state index is 0.554. The Bertz CT molecular complexity index is 439. The number of ether oxygens (including phenoxy) is 1. The maximum atomic E-state index is 5.61. The van der Waals surface area contributed by atoms with E-state index < -0.39 is 0 Å². The highest BCUT2D eigenvalue weighted by Gasteiger charge is 1.97. The molecule has 82 valence electrons. The zero-order valence-corrected chi connectivity index (χ0v) is 10.3. The third-order valence-corrected chi connectivity index (χ3v) is 2.59. The van der Waals surface area contributed by atoms with E-state index in [0.29, 0.717) is 12.5 Å². The highest BCUT2D eigenvalue weighted by Crippen LogP contribution is 2.10. The lowest BCUT2D eigenvalue weighted by molar-refractivity contribution is 0.294. The van der Waals surface area contributed by atoms with E-state index in [1.165, 1.54) is 5.30 Å². The summed E-state index contributed by atoms with van der Waals surface area (Å²) in [6, 6.07) is 12.1. The molecule has 0 bridgehead atoms. The Labute approximate surface area is 97.9 Å². The highest BCUT2D eigenvalue weighted by atomic mass is 31.0. The number of aryl methyl sites for hydroxylation is 1. The van der Waals surface area contributed by atoms with Crippen LogP contribution in [0.15, 0.2) is 42.6 Å². The van der Waals surface area contributed by atoms with Crippen molar-refractivity contribution >= 4 is 14.5 Å².